The minimum atomic E-state index is -3.67. The van der Waals surface area contributed by atoms with E-state index >= 15 is 0 Å². The zero-order chi connectivity index (χ0) is 17.9. The molecule has 0 saturated carbocycles. The van der Waals surface area contributed by atoms with E-state index in [2.05, 4.69) is 11.6 Å². The number of nitrogens with zero attached hydrogens (tertiary/aromatic N) is 1. The Morgan fingerprint density at radius 1 is 1.04 bits per heavy atom. The quantitative estimate of drug-likeness (QED) is 0.910. The molecule has 1 aliphatic heterocycles. The Bertz CT molecular complexity index is 833. The van der Waals surface area contributed by atoms with Crippen LogP contribution in [-0.2, 0) is 10.0 Å². The molecule has 0 bridgehead atoms. The van der Waals surface area contributed by atoms with E-state index in [9.17, 15) is 13.2 Å². The Morgan fingerprint density at radius 2 is 1.72 bits per heavy atom. The lowest BCUT2D eigenvalue weighted by Gasteiger charge is -2.33. The van der Waals surface area contributed by atoms with Crippen molar-refractivity contribution in [1.82, 2.24) is 4.90 Å². The number of piperidine rings is 1. The maximum absolute atomic E-state index is 12.6. The predicted octanol–water partition coefficient (Wildman–Crippen LogP) is 3.50. The molecule has 0 aromatic heterocycles. The fourth-order valence-electron chi connectivity index (χ4n) is 3.06. The molecular formula is C19H22N2O3S. The number of amides is 1. The highest BCUT2D eigenvalue weighted by atomic mass is 32.2. The summed E-state index contributed by atoms with van der Waals surface area (Å²) in [5, 5.41) is 0. The third kappa shape index (κ3) is 4.02. The van der Waals surface area contributed by atoms with Crippen LogP contribution in [0.3, 0.4) is 0 Å². The summed E-state index contributed by atoms with van der Waals surface area (Å²) in [6.07, 6.45) is 3.18. The maximum Gasteiger partial charge on any atom is 0.261 e. The summed E-state index contributed by atoms with van der Waals surface area (Å²) in [6.45, 7) is 2.81. The van der Waals surface area contributed by atoms with E-state index < -0.39 is 10.0 Å². The second-order valence-electron chi connectivity index (χ2n) is 6.34. The third-order valence-electron chi connectivity index (χ3n) is 4.50. The first-order valence-electron chi connectivity index (χ1n) is 8.46. The van der Waals surface area contributed by atoms with Crippen LogP contribution in [0.2, 0.25) is 0 Å². The fraction of sp³-hybridized carbons (Fsp3) is 0.316. The summed E-state index contributed by atoms with van der Waals surface area (Å²) in [6, 6.07) is 15.1. The van der Waals surface area contributed by atoms with Gasteiger partial charge in [-0.05, 0) is 62.6 Å². The van der Waals surface area contributed by atoms with E-state index in [1.807, 2.05) is 11.0 Å². The summed E-state index contributed by atoms with van der Waals surface area (Å²) in [7, 11) is -3.67. The number of hydrogen-bond acceptors (Lipinski definition) is 3. The molecular weight excluding hydrogens is 336 g/mol. The molecule has 1 saturated heterocycles. The summed E-state index contributed by atoms with van der Waals surface area (Å²) < 4.78 is 27.4. The van der Waals surface area contributed by atoms with Gasteiger partial charge in [-0.3, -0.25) is 9.52 Å². The van der Waals surface area contributed by atoms with Crippen molar-refractivity contribution in [3.05, 3.63) is 60.2 Å². The molecule has 0 spiro atoms. The second kappa shape index (κ2) is 7.27. The highest BCUT2D eigenvalue weighted by Gasteiger charge is 2.24. The van der Waals surface area contributed by atoms with Crippen LogP contribution in [-0.4, -0.2) is 31.8 Å². The van der Waals surface area contributed by atoms with E-state index in [0.717, 1.165) is 25.8 Å². The molecule has 1 fully saturated rings. The third-order valence-corrected chi connectivity index (χ3v) is 5.90. The van der Waals surface area contributed by atoms with Gasteiger partial charge in [0.15, 0.2) is 0 Å². The molecule has 0 radical (unpaired) electrons. The van der Waals surface area contributed by atoms with Crippen LogP contribution in [0.1, 0.15) is 36.5 Å². The number of likely N-dealkylation sites (tertiary alicyclic amines) is 1. The zero-order valence-electron chi connectivity index (χ0n) is 14.2. The molecule has 0 aliphatic carbocycles. The summed E-state index contributed by atoms with van der Waals surface area (Å²) in [5.41, 5.74) is 1.03. The first-order valence-corrected chi connectivity index (χ1v) is 9.94. The topological polar surface area (TPSA) is 66.5 Å². The minimum absolute atomic E-state index is 0.0350. The van der Waals surface area contributed by atoms with Crippen LogP contribution in [0, 0.1) is 0 Å². The zero-order valence-corrected chi connectivity index (χ0v) is 15.0. The van der Waals surface area contributed by atoms with Crippen LogP contribution < -0.4 is 4.72 Å². The Hall–Kier alpha value is -2.34. The van der Waals surface area contributed by atoms with Crippen molar-refractivity contribution < 1.29 is 13.2 Å². The number of para-hydroxylation sites is 1. The van der Waals surface area contributed by atoms with Crippen molar-refractivity contribution in [2.75, 3.05) is 11.3 Å². The minimum Gasteiger partial charge on any atom is -0.336 e. The summed E-state index contributed by atoms with van der Waals surface area (Å²) in [5.74, 6) is -0.0350. The average molecular weight is 358 g/mol. The molecule has 1 amide bonds. The van der Waals surface area contributed by atoms with Crippen LogP contribution in [0.15, 0.2) is 59.5 Å². The van der Waals surface area contributed by atoms with Gasteiger partial charge in [0.1, 0.15) is 0 Å². The highest BCUT2D eigenvalue weighted by Crippen LogP contribution is 2.21. The van der Waals surface area contributed by atoms with Crippen molar-refractivity contribution in [3.8, 4) is 0 Å². The molecule has 2 aromatic carbocycles. The van der Waals surface area contributed by atoms with Crippen molar-refractivity contribution in [2.24, 2.45) is 0 Å². The van der Waals surface area contributed by atoms with Gasteiger partial charge in [-0.15, -0.1) is 0 Å². The van der Waals surface area contributed by atoms with Gasteiger partial charge in [0, 0.05) is 23.8 Å². The maximum atomic E-state index is 12.6. The number of anilines is 1. The van der Waals surface area contributed by atoms with Gasteiger partial charge in [-0.2, -0.15) is 0 Å². The molecule has 1 N–H and O–H groups in total. The van der Waals surface area contributed by atoms with Gasteiger partial charge in [-0.25, -0.2) is 8.42 Å². The lowest BCUT2D eigenvalue weighted by molar-refractivity contribution is 0.0635. The lowest BCUT2D eigenvalue weighted by Crippen LogP contribution is -2.42. The Kier molecular flexibility index (Phi) is 5.08. The molecule has 132 valence electrons. The second-order valence-corrected chi connectivity index (χ2v) is 8.02. The van der Waals surface area contributed by atoms with Gasteiger partial charge in [0.25, 0.3) is 15.9 Å². The highest BCUT2D eigenvalue weighted by molar-refractivity contribution is 7.92. The lowest BCUT2D eigenvalue weighted by atomic mass is 10.0. The normalized spacial score (nSPS) is 18.0. The first-order chi connectivity index (χ1) is 12.0. The molecule has 1 unspecified atom stereocenters. The predicted molar refractivity (Wildman–Crippen MR) is 98.0 cm³/mol. The smallest absolute Gasteiger partial charge is 0.261 e. The van der Waals surface area contributed by atoms with E-state index in [4.69, 9.17) is 0 Å². The molecule has 5 nitrogen and oxygen atoms in total. The van der Waals surface area contributed by atoms with Gasteiger partial charge < -0.3 is 4.90 Å². The van der Waals surface area contributed by atoms with E-state index in [0.29, 0.717) is 11.3 Å². The summed E-state index contributed by atoms with van der Waals surface area (Å²) in [4.78, 5) is 14.6. The van der Waals surface area contributed by atoms with Gasteiger partial charge in [0.2, 0.25) is 0 Å². The van der Waals surface area contributed by atoms with E-state index in [1.54, 1.807) is 36.4 Å². The van der Waals surface area contributed by atoms with Crippen molar-refractivity contribution in [3.63, 3.8) is 0 Å². The standard InChI is InChI=1S/C19H22N2O3S/c1-15-7-5-6-14-21(15)19(22)16-10-12-18(13-11-16)25(23,24)20-17-8-3-2-4-9-17/h2-4,8-13,15,20H,5-7,14H2,1H3. The molecule has 25 heavy (non-hydrogen) atoms. The number of rotatable bonds is 4. The van der Waals surface area contributed by atoms with Gasteiger partial charge in [0.05, 0.1) is 4.90 Å². The Balaban J connectivity index is 1.76. The van der Waals surface area contributed by atoms with Crippen LogP contribution in [0.4, 0.5) is 5.69 Å². The van der Waals surface area contributed by atoms with Crippen LogP contribution in [0.5, 0.6) is 0 Å². The number of hydrogen-bond donors (Lipinski definition) is 1. The largest absolute Gasteiger partial charge is 0.336 e. The molecule has 1 aliphatic rings. The van der Waals surface area contributed by atoms with E-state index in [-0.39, 0.29) is 16.8 Å². The number of nitrogens with one attached hydrogen (secondary N) is 1. The molecule has 3 rings (SSSR count). The number of sulfonamides is 1. The molecule has 1 atom stereocenters. The molecule has 6 heteroatoms. The molecule has 1 heterocycles. The van der Waals surface area contributed by atoms with Crippen molar-refractivity contribution >= 4 is 21.6 Å². The SMILES string of the molecule is CC1CCCCN1C(=O)c1ccc(S(=O)(=O)Nc2ccccc2)cc1. The van der Waals surface area contributed by atoms with Gasteiger partial charge >= 0.3 is 0 Å². The first kappa shape index (κ1) is 17.5. The van der Waals surface area contributed by atoms with E-state index in [1.165, 1.54) is 12.1 Å². The monoisotopic (exact) mass is 358 g/mol. The van der Waals surface area contributed by atoms with Crippen LogP contribution in [0.25, 0.3) is 0 Å². The Labute approximate surface area is 148 Å². The number of carbonyl (C=O) groups excluding carboxylic acids is 1. The average Bonchev–Trinajstić information content (AvgIpc) is 2.62. The van der Waals surface area contributed by atoms with Crippen LogP contribution >= 0.6 is 0 Å². The summed E-state index contributed by atoms with van der Waals surface area (Å²) >= 11 is 0. The number of carbonyl (C=O) groups is 1. The number of benzene rings is 2. The van der Waals surface area contributed by atoms with Gasteiger partial charge in [-0.1, -0.05) is 18.2 Å². The fourth-order valence-corrected chi connectivity index (χ4v) is 4.12. The Morgan fingerprint density at radius 3 is 2.36 bits per heavy atom. The van der Waals surface area contributed by atoms with Crippen molar-refractivity contribution in [1.29, 1.82) is 0 Å². The van der Waals surface area contributed by atoms with Crippen molar-refractivity contribution in [2.45, 2.75) is 37.1 Å². The molecule has 2 aromatic rings.